The van der Waals surface area contributed by atoms with Gasteiger partial charge in [0.25, 0.3) is 0 Å². The maximum Gasteiger partial charge on any atom is 0.315 e. The number of hydrogen-bond donors (Lipinski definition) is 1. The van der Waals surface area contributed by atoms with Gasteiger partial charge in [0.15, 0.2) is 0 Å². The fourth-order valence-electron chi connectivity index (χ4n) is 3.50. The third-order valence-electron chi connectivity index (χ3n) is 4.21. The number of esters is 1. The topological polar surface area (TPSA) is 63.6 Å². The molecular formula is C12H14O4. The highest BCUT2D eigenvalue weighted by Crippen LogP contribution is 2.53. The number of cyclic esters (lactones) is 1. The van der Waals surface area contributed by atoms with E-state index in [1.54, 1.807) is 0 Å². The lowest BCUT2D eigenvalue weighted by Crippen LogP contribution is -2.56. The molecule has 1 aliphatic heterocycles. The summed E-state index contributed by atoms with van der Waals surface area (Å²) < 4.78 is 5.02. The van der Waals surface area contributed by atoms with Gasteiger partial charge in [-0.3, -0.25) is 9.59 Å². The minimum absolute atomic E-state index is 0.0601. The molecule has 2 aliphatic carbocycles. The molecule has 0 aromatic heterocycles. The van der Waals surface area contributed by atoms with Gasteiger partial charge in [-0.1, -0.05) is 11.6 Å². The van der Waals surface area contributed by atoms with Crippen LogP contribution in [0.1, 0.15) is 19.8 Å². The maximum atomic E-state index is 11.9. The molecule has 1 heterocycles. The number of carbonyl (C=O) groups is 2. The van der Waals surface area contributed by atoms with Gasteiger partial charge in [-0.2, -0.15) is 0 Å². The van der Waals surface area contributed by atoms with Crippen LogP contribution < -0.4 is 0 Å². The highest BCUT2D eigenvalue weighted by atomic mass is 16.5. The zero-order chi connectivity index (χ0) is 11.5. The molecule has 3 aliphatic rings. The summed E-state index contributed by atoms with van der Waals surface area (Å²) in [6.45, 7) is 2.09. The number of fused-ring (bicyclic) bond motifs is 1. The van der Waals surface area contributed by atoms with E-state index in [4.69, 9.17) is 4.74 Å². The maximum absolute atomic E-state index is 11.9. The van der Waals surface area contributed by atoms with E-state index in [0.717, 1.165) is 5.57 Å². The van der Waals surface area contributed by atoms with Crippen molar-refractivity contribution in [2.45, 2.75) is 25.9 Å². The van der Waals surface area contributed by atoms with Gasteiger partial charge in [-0.15, -0.1) is 0 Å². The van der Waals surface area contributed by atoms with Gasteiger partial charge < -0.3 is 9.84 Å². The molecule has 16 heavy (non-hydrogen) atoms. The molecule has 0 aromatic carbocycles. The number of aliphatic hydroxyl groups excluding tert-OH is 1. The lowest BCUT2D eigenvalue weighted by atomic mass is 9.56. The molecule has 2 bridgehead atoms. The second-order valence-corrected chi connectivity index (χ2v) is 5.16. The summed E-state index contributed by atoms with van der Waals surface area (Å²) in [5.41, 5.74) is 0.102. The van der Waals surface area contributed by atoms with Crippen LogP contribution in [0, 0.1) is 17.3 Å². The molecule has 4 nitrogen and oxygen atoms in total. The molecule has 0 aromatic rings. The van der Waals surface area contributed by atoms with Crippen molar-refractivity contribution >= 4 is 11.8 Å². The molecule has 1 saturated heterocycles. The highest BCUT2D eigenvalue weighted by Gasteiger charge is 2.64. The largest absolute Gasteiger partial charge is 0.464 e. The number of ether oxygens (including phenoxy) is 1. The lowest BCUT2D eigenvalue weighted by molar-refractivity contribution is -0.161. The zero-order valence-corrected chi connectivity index (χ0v) is 9.10. The second-order valence-electron chi connectivity index (χ2n) is 5.16. The Morgan fingerprint density at radius 2 is 2.25 bits per heavy atom. The summed E-state index contributed by atoms with van der Waals surface area (Å²) in [4.78, 5) is 23.8. The van der Waals surface area contributed by atoms with E-state index < -0.39 is 23.4 Å². The third kappa shape index (κ3) is 0.981. The van der Waals surface area contributed by atoms with Crippen molar-refractivity contribution in [1.82, 2.24) is 0 Å². The van der Waals surface area contributed by atoms with Crippen molar-refractivity contribution in [2.75, 3.05) is 6.61 Å². The number of hydrogen-bond acceptors (Lipinski definition) is 4. The summed E-state index contributed by atoms with van der Waals surface area (Å²) in [7, 11) is 0. The normalized spacial score (nSPS) is 46.1. The van der Waals surface area contributed by atoms with Crippen LogP contribution in [0.2, 0.25) is 0 Å². The van der Waals surface area contributed by atoms with Crippen molar-refractivity contribution in [3.05, 3.63) is 11.6 Å². The fraction of sp³-hybridized carbons (Fsp3) is 0.667. The van der Waals surface area contributed by atoms with Crippen molar-refractivity contribution in [3.63, 3.8) is 0 Å². The Morgan fingerprint density at radius 3 is 3.00 bits per heavy atom. The van der Waals surface area contributed by atoms with Gasteiger partial charge in [0, 0.05) is 12.3 Å². The number of Topliss-reactive ketones (excluding diaryl/α,β-unsaturated/α-hetero) is 1. The molecule has 86 valence electrons. The SMILES string of the molecule is CC1=CC2CC(=O)C3COC(=O)C3(C1)C2O. The van der Waals surface area contributed by atoms with E-state index in [-0.39, 0.29) is 18.3 Å². The van der Waals surface area contributed by atoms with Crippen LogP contribution in [0.4, 0.5) is 0 Å². The smallest absolute Gasteiger partial charge is 0.315 e. The van der Waals surface area contributed by atoms with Gasteiger partial charge in [-0.05, 0) is 13.3 Å². The molecule has 0 radical (unpaired) electrons. The Bertz CT molecular complexity index is 411. The van der Waals surface area contributed by atoms with Crippen LogP contribution >= 0.6 is 0 Å². The van der Waals surface area contributed by atoms with E-state index >= 15 is 0 Å². The van der Waals surface area contributed by atoms with Gasteiger partial charge in [-0.25, -0.2) is 0 Å². The Balaban J connectivity index is 2.16. The molecule has 2 fully saturated rings. The molecule has 4 atom stereocenters. The van der Waals surface area contributed by atoms with E-state index in [1.165, 1.54) is 0 Å². The van der Waals surface area contributed by atoms with Crippen LogP contribution in [0.5, 0.6) is 0 Å². The van der Waals surface area contributed by atoms with Crippen molar-refractivity contribution in [2.24, 2.45) is 17.3 Å². The number of rotatable bonds is 0. The molecule has 0 amide bonds. The quantitative estimate of drug-likeness (QED) is 0.477. The summed E-state index contributed by atoms with van der Waals surface area (Å²) in [5.74, 6) is -0.974. The molecule has 4 heteroatoms. The van der Waals surface area contributed by atoms with Crippen LogP contribution in [-0.2, 0) is 14.3 Å². The summed E-state index contributed by atoms with van der Waals surface area (Å²) in [5, 5.41) is 10.3. The Hall–Kier alpha value is -1.16. The molecule has 1 saturated carbocycles. The first-order valence-corrected chi connectivity index (χ1v) is 5.61. The average Bonchev–Trinajstić information content (AvgIpc) is 2.51. The summed E-state index contributed by atoms with van der Waals surface area (Å²) in [6, 6.07) is 0. The number of carbonyl (C=O) groups excluding carboxylic acids is 2. The van der Waals surface area contributed by atoms with Crippen molar-refractivity contribution in [3.8, 4) is 0 Å². The number of allylic oxidation sites excluding steroid dienone is 1. The Labute approximate surface area is 93.3 Å². The summed E-state index contributed by atoms with van der Waals surface area (Å²) >= 11 is 0. The van der Waals surface area contributed by atoms with Crippen LogP contribution in [0.25, 0.3) is 0 Å². The molecule has 1 spiro atoms. The highest BCUT2D eigenvalue weighted by molar-refractivity contribution is 5.94. The van der Waals surface area contributed by atoms with Gasteiger partial charge in [0.1, 0.15) is 17.8 Å². The van der Waals surface area contributed by atoms with Crippen molar-refractivity contribution in [1.29, 1.82) is 0 Å². The minimum Gasteiger partial charge on any atom is -0.464 e. The first-order valence-electron chi connectivity index (χ1n) is 5.61. The predicted molar refractivity (Wildman–Crippen MR) is 54.4 cm³/mol. The standard InChI is InChI=1S/C12H14O4/c1-6-2-7-3-9(13)8-5-16-11(15)12(8,4-6)10(7)14/h2,7-8,10,14H,3-5H2,1H3. The fourth-order valence-corrected chi connectivity index (χ4v) is 3.50. The molecule has 3 rings (SSSR count). The number of aliphatic hydroxyl groups is 1. The summed E-state index contributed by atoms with van der Waals surface area (Å²) in [6.07, 6.45) is 1.96. The Kier molecular flexibility index (Phi) is 1.84. The third-order valence-corrected chi connectivity index (χ3v) is 4.21. The zero-order valence-electron chi connectivity index (χ0n) is 9.10. The molecule has 1 N–H and O–H groups in total. The van der Waals surface area contributed by atoms with Crippen LogP contribution in [0.3, 0.4) is 0 Å². The van der Waals surface area contributed by atoms with Gasteiger partial charge >= 0.3 is 5.97 Å². The molecule has 4 unspecified atom stereocenters. The van der Waals surface area contributed by atoms with Crippen LogP contribution in [0.15, 0.2) is 11.6 Å². The van der Waals surface area contributed by atoms with E-state index in [1.807, 2.05) is 13.0 Å². The van der Waals surface area contributed by atoms with Gasteiger partial charge in [0.05, 0.1) is 12.0 Å². The van der Waals surface area contributed by atoms with E-state index in [0.29, 0.717) is 12.8 Å². The second kappa shape index (κ2) is 2.94. The van der Waals surface area contributed by atoms with Gasteiger partial charge in [0.2, 0.25) is 0 Å². The van der Waals surface area contributed by atoms with E-state index in [2.05, 4.69) is 0 Å². The molecular weight excluding hydrogens is 208 g/mol. The first-order chi connectivity index (χ1) is 7.55. The van der Waals surface area contributed by atoms with Crippen LogP contribution in [-0.4, -0.2) is 29.6 Å². The Morgan fingerprint density at radius 1 is 1.50 bits per heavy atom. The lowest BCUT2D eigenvalue weighted by Gasteiger charge is -2.45. The van der Waals surface area contributed by atoms with E-state index in [9.17, 15) is 14.7 Å². The number of ketones is 1. The van der Waals surface area contributed by atoms with Crippen molar-refractivity contribution < 1.29 is 19.4 Å². The average molecular weight is 222 g/mol. The monoisotopic (exact) mass is 222 g/mol. The first kappa shape index (κ1) is 10.0. The minimum atomic E-state index is -0.973. The predicted octanol–water partition coefficient (Wildman–Crippen LogP) is 0.446.